The standard InChI is InChI=1S/C31H25FN4O2/c1-33-30(38)29-25-18-21(8-13-26(25)35-36(29)24-11-9-23(32)10-12-24)20-5-4-6-22(17-20)27(37)19-31(14-15-31)28-7-2-3-16-34-28/h2-13,16-18H,14-15,19H2,1H3,(H,33,38). The van der Waals surface area contributed by atoms with Gasteiger partial charge >= 0.3 is 0 Å². The predicted molar refractivity (Wildman–Crippen MR) is 144 cm³/mol. The van der Waals surface area contributed by atoms with Crippen LogP contribution in [0, 0.1) is 5.82 Å². The summed E-state index contributed by atoms with van der Waals surface area (Å²) in [6.07, 6.45) is 4.14. The molecule has 2 aromatic heterocycles. The molecule has 38 heavy (non-hydrogen) atoms. The molecule has 1 N–H and O–H groups in total. The van der Waals surface area contributed by atoms with Crippen LogP contribution in [0.25, 0.3) is 27.7 Å². The summed E-state index contributed by atoms with van der Waals surface area (Å²) in [6.45, 7) is 0. The molecule has 0 spiro atoms. The van der Waals surface area contributed by atoms with Crippen LogP contribution >= 0.6 is 0 Å². The van der Waals surface area contributed by atoms with E-state index < -0.39 is 0 Å². The number of carbonyl (C=O) groups excluding carboxylic acids is 2. The Morgan fingerprint density at radius 1 is 0.947 bits per heavy atom. The molecule has 2 heterocycles. The second-order valence-electron chi connectivity index (χ2n) is 9.72. The van der Waals surface area contributed by atoms with E-state index in [4.69, 9.17) is 0 Å². The fourth-order valence-corrected chi connectivity index (χ4v) is 5.00. The van der Waals surface area contributed by atoms with Gasteiger partial charge in [0.05, 0.1) is 11.2 Å². The zero-order chi connectivity index (χ0) is 26.3. The quantitative estimate of drug-likeness (QED) is 0.280. The average Bonchev–Trinajstić information content (AvgIpc) is 3.64. The highest BCUT2D eigenvalue weighted by atomic mass is 19.1. The number of amides is 1. The van der Waals surface area contributed by atoms with Gasteiger partial charge in [0.2, 0.25) is 0 Å². The zero-order valence-corrected chi connectivity index (χ0v) is 20.8. The smallest absolute Gasteiger partial charge is 0.270 e. The molecule has 0 radical (unpaired) electrons. The van der Waals surface area contributed by atoms with Gasteiger partial charge in [-0.1, -0.05) is 30.3 Å². The van der Waals surface area contributed by atoms with E-state index in [0.717, 1.165) is 29.7 Å². The van der Waals surface area contributed by atoms with Crippen molar-refractivity contribution in [2.75, 3.05) is 7.05 Å². The second kappa shape index (κ2) is 9.34. The van der Waals surface area contributed by atoms with Gasteiger partial charge in [0.25, 0.3) is 5.91 Å². The number of carbonyl (C=O) groups is 2. The molecule has 0 aliphatic heterocycles. The van der Waals surface area contributed by atoms with Crippen LogP contribution in [0.2, 0.25) is 0 Å². The predicted octanol–water partition coefficient (Wildman–Crippen LogP) is 5.89. The molecule has 6 nitrogen and oxygen atoms in total. The van der Waals surface area contributed by atoms with Gasteiger partial charge in [-0.05, 0) is 78.6 Å². The molecule has 0 atom stereocenters. The number of Topliss-reactive ketones (excluding diaryl/α,β-unsaturated/α-hetero) is 1. The maximum absolute atomic E-state index is 13.5. The molecule has 0 unspecified atom stereocenters. The van der Waals surface area contributed by atoms with Gasteiger partial charge in [0, 0.05) is 41.7 Å². The van der Waals surface area contributed by atoms with Crippen LogP contribution in [0.1, 0.15) is 45.8 Å². The number of hydrogen-bond acceptors (Lipinski definition) is 4. The number of benzene rings is 3. The third kappa shape index (κ3) is 4.26. The van der Waals surface area contributed by atoms with Gasteiger partial charge in [0.1, 0.15) is 11.5 Å². The highest BCUT2D eigenvalue weighted by molar-refractivity contribution is 6.06. The molecule has 6 rings (SSSR count). The molecule has 0 bridgehead atoms. The van der Waals surface area contributed by atoms with Gasteiger partial charge in [0.15, 0.2) is 5.78 Å². The van der Waals surface area contributed by atoms with Gasteiger partial charge < -0.3 is 5.32 Å². The summed E-state index contributed by atoms with van der Waals surface area (Å²) in [6, 6.07) is 25.0. The van der Waals surface area contributed by atoms with E-state index in [9.17, 15) is 14.0 Å². The summed E-state index contributed by atoms with van der Waals surface area (Å²) in [5, 5.41) is 7.96. The van der Waals surface area contributed by atoms with Crippen LogP contribution in [0.15, 0.2) is 91.1 Å². The van der Waals surface area contributed by atoms with E-state index in [0.29, 0.717) is 34.3 Å². The van der Waals surface area contributed by atoms with Crippen LogP contribution in [-0.2, 0) is 5.41 Å². The number of nitrogens with zero attached hydrogens (tertiary/aromatic N) is 3. The first kappa shape index (κ1) is 23.7. The molecule has 188 valence electrons. The number of rotatable bonds is 7. The normalized spacial score (nSPS) is 13.8. The van der Waals surface area contributed by atoms with E-state index >= 15 is 0 Å². The van der Waals surface area contributed by atoms with Crippen molar-refractivity contribution in [1.82, 2.24) is 20.1 Å². The van der Waals surface area contributed by atoms with E-state index in [-0.39, 0.29) is 22.9 Å². The minimum absolute atomic E-state index is 0.0891. The van der Waals surface area contributed by atoms with Crippen LogP contribution in [-0.4, -0.2) is 33.5 Å². The summed E-state index contributed by atoms with van der Waals surface area (Å²) in [5.41, 5.74) is 4.78. The van der Waals surface area contributed by atoms with Crippen molar-refractivity contribution in [1.29, 1.82) is 0 Å². The largest absolute Gasteiger partial charge is 0.354 e. The number of pyridine rings is 1. The Hall–Kier alpha value is -4.65. The minimum atomic E-state index is -0.365. The maximum atomic E-state index is 13.5. The number of nitrogens with one attached hydrogen (secondary N) is 1. The van der Waals surface area contributed by atoms with Crippen molar-refractivity contribution in [3.8, 4) is 16.8 Å². The first-order valence-electron chi connectivity index (χ1n) is 12.5. The summed E-state index contributed by atoms with van der Waals surface area (Å²) in [5.74, 6) is -0.579. The van der Waals surface area contributed by atoms with E-state index in [1.165, 1.54) is 16.8 Å². The monoisotopic (exact) mass is 504 g/mol. The second-order valence-corrected chi connectivity index (χ2v) is 9.72. The third-order valence-corrected chi connectivity index (χ3v) is 7.26. The molecule has 5 aromatic rings. The number of halogens is 1. The first-order valence-corrected chi connectivity index (χ1v) is 12.5. The molecule has 1 aliphatic carbocycles. The Labute approximate surface area is 219 Å². The van der Waals surface area contributed by atoms with Crippen molar-refractivity contribution in [2.45, 2.75) is 24.7 Å². The summed E-state index contributed by atoms with van der Waals surface area (Å²) >= 11 is 0. The first-order chi connectivity index (χ1) is 18.5. The number of aromatic nitrogens is 3. The Kier molecular flexibility index (Phi) is 5.83. The lowest BCUT2D eigenvalue weighted by atomic mass is 9.91. The van der Waals surface area contributed by atoms with Crippen molar-refractivity contribution in [3.05, 3.63) is 114 Å². The van der Waals surface area contributed by atoms with Crippen LogP contribution in [0.5, 0.6) is 0 Å². The molecule has 7 heteroatoms. The minimum Gasteiger partial charge on any atom is -0.354 e. The van der Waals surface area contributed by atoms with Gasteiger partial charge in [-0.25, -0.2) is 9.07 Å². The van der Waals surface area contributed by atoms with Crippen molar-refractivity contribution in [3.63, 3.8) is 0 Å². The molecule has 1 saturated carbocycles. The van der Waals surface area contributed by atoms with Gasteiger partial charge in [-0.2, -0.15) is 5.10 Å². The topological polar surface area (TPSA) is 76.9 Å². The Balaban J connectivity index is 1.35. The van der Waals surface area contributed by atoms with Gasteiger partial charge in [-0.15, -0.1) is 0 Å². The van der Waals surface area contributed by atoms with Crippen LogP contribution < -0.4 is 5.32 Å². The molecule has 3 aromatic carbocycles. The fraction of sp³-hybridized carbons (Fsp3) is 0.161. The van der Waals surface area contributed by atoms with Crippen molar-refractivity contribution in [2.24, 2.45) is 0 Å². The lowest BCUT2D eigenvalue weighted by Crippen LogP contribution is -2.21. The number of fused-ring (bicyclic) bond motifs is 1. The Bertz CT molecular complexity index is 1670. The number of hydrogen-bond donors (Lipinski definition) is 1. The molecule has 1 amide bonds. The molecule has 0 saturated heterocycles. The van der Waals surface area contributed by atoms with E-state index in [1.54, 1.807) is 25.4 Å². The zero-order valence-electron chi connectivity index (χ0n) is 20.8. The number of ketones is 1. The van der Waals surface area contributed by atoms with Crippen molar-refractivity contribution < 1.29 is 14.0 Å². The third-order valence-electron chi connectivity index (χ3n) is 7.26. The highest BCUT2D eigenvalue weighted by Gasteiger charge is 2.47. The average molecular weight is 505 g/mol. The molecular formula is C31H25FN4O2. The van der Waals surface area contributed by atoms with Gasteiger partial charge in [-0.3, -0.25) is 14.6 Å². The van der Waals surface area contributed by atoms with Crippen LogP contribution in [0.3, 0.4) is 0 Å². The maximum Gasteiger partial charge on any atom is 0.270 e. The summed E-state index contributed by atoms with van der Waals surface area (Å²) < 4.78 is 15.0. The van der Waals surface area contributed by atoms with E-state index in [2.05, 4.69) is 15.4 Å². The lowest BCUT2D eigenvalue weighted by molar-refractivity contribution is 0.0953. The van der Waals surface area contributed by atoms with E-state index in [1.807, 2.05) is 60.7 Å². The Morgan fingerprint density at radius 2 is 1.74 bits per heavy atom. The molecule has 1 aliphatic rings. The fourth-order valence-electron chi connectivity index (χ4n) is 5.00. The highest BCUT2D eigenvalue weighted by Crippen LogP contribution is 2.50. The van der Waals surface area contributed by atoms with Crippen LogP contribution in [0.4, 0.5) is 4.39 Å². The molecular weight excluding hydrogens is 479 g/mol. The summed E-state index contributed by atoms with van der Waals surface area (Å²) in [7, 11) is 1.56. The Morgan fingerprint density at radius 3 is 2.45 bits per heavy atom. The SMILES string of the molecule is CNC(=O)c1c2cc(-c3cccc(C(=O)CC4(c5ccccn5)CC4)c3)ccc2nn1-c1ccc(F)cc1. The molecule has 1 fully saturated rings. The lowest BCUT2D eigenvalue weighted by Gasteiger charge is -2.14. The van der Waals surface area contributed by atoms with Crippen molar-refractivity contribution >= 4 is 22.6 Å². The summed E-state index contributed by atoms with van der Waals surface area (Å²) in [4.78, 5) is 30.7.